The van der Waals surface area contributed by atoms with Crippen LogP contribution in [0.2, 0.25) is 5.02 Å². The number of nitrogens with one attached hydrogen (secondary N) is 1. The van der Waals surface area contributed by atoms with Crippen LogP contribution in [0.15, 0.2) is 18.2 Å². The summed E-state index contributed by atoms with van der Waals surface area (Å²) in [5.41, 5.74) is 1.03. The van der Waals surface area contributed by atoms with E-state index < -0.39 is 0 Å². The molecule has 1 unspecified atom stereocenters. The van der Waals surface area contributed by atoms with Crippen molar-refractivity contribution >= 4 is 11.6 Å². The molecule has 0 aromatic heterocycles. The first kappa shape index (κ1) is 16.5. The summed E-state index contributed by atoms with van der Waals surface area (Å²) < 4.78 is 13.0. The van der Waals surface area contributed by atoms with Crippen LogP contribution in [0.5, 0.6) is 0 Å². The number of benzene rings is 1. The van der Waals surface area contributed by atoms with E-state index >= 15 is 0 Å². The van der Waals surface area contributed by atoms with Crippen molar-refractivity contribution in [2.45, 2.75) is 52.5 Å². The van der Waals surface area contributed by atoms with Crippen LogP contribution in [-0.4, -0.2) is 12.6 Å². The van der Waals surface area contributed by atoms with Crippen LogP contribution in [-0.2, 0) is 6.42 Å². The SMILES string of the molecule is CCNC(CCCC(C)C)Cc1ccc(F)cc1Cl. The minimum Gasteiger partial charge on any atom is -0.314 e. The zero-order valence-corrected chi connectivity index (χ0v) is 12.9. The van der Waals surface area contributed by atoms with Crippen LogP contribution in [0.3, 0.4) is 0 Å². The summed E-state index contributed by atoms with van der Waals surface area (Å²) in [4.78, 5) is 0. The van der Waals surface area contributed by atoms with Gasteiger partial charge in [-0.1, -0.05) is 51.3 Å². The summed E-state index contributed by atoms with van der Waals surface area (Å²) in [5, 5.41) is 4.03. The molecule has 0 radical (unpaired) electrons. The van der Waals surface area contributed by atoms with Crippen molar-refractivity contribution in [3.05, 3.63) is 34.6 Å². The van der Waals surface area contributed by atoms with E-state index in [-0.39, 0.29) is 5.82 Å². The third kappa shape index (κ3) is 6.40. The van der Waals surface area contributed by atoms with E-state index in [0.717, 1.165) is 30.9 Å². The molecule has 0 saturated carbocycles. The second-order valence-corrected chi connectivity index (χ2v) is 5.93. The van der Waals surface area contributed by atoms with Crippen LogP contribution in [0, 0.1) is 11.7 Å². The Morgan fingerprint density at radius 2 is 2.00 bits per heavy atom. The average molecular weight is 286 g/mol. The minimum atomic E-state index is -0.270. The van der Waals surface area contributed by atoms with Gasteiger partial charge in [-0.3, -0.25) is 0 Å². The average Bonchev–Trinajstić information content (AvgIpc) is 2.32. The first-order valence-electron chi connectivity index (χ1n) is 7.20. The predicted molar refractivity (Wildman–Crippen MR) is 81.3 cm³/mol. The van der Waals surface area contributed by atoms with Crippen molar-refractivity contribution in [2.75, 3.05) is 6.54 Å². The maximum atomic E-state index is 13.0. The molecule has 0 aliphatic carbocycles. The topological polar surface area (TPSA) is 12.0 Å². The van der Waals surface area contributed by atoms with Crippen molar-refractivity contribution in [1.82, 2.24) is 5.32 Å². The molecule has 1 atom stereocenters. The van der Waals surface area contributed by atoms with Gasteiger partial charge < -0.3 is 5.32 Å². The van der Waals surface area contributed by atoms with E-state index in [1.807, 2.05) is 0 Å². The van der Waals surface area contributed by atoms with Gasteiger partial charge in [0.05, 0.1) is 0 Å². The normalized spacial score (nSPS) is 12.9. The van der Waals surface area contributed by atoms with Crippen molar-refractivity contribution in [3.8, 4) is 0 Å². The van der Waals surface area contributed by atoms with Crippen LogP contribution in [0.4, 0.5) is 4.39 Å². The molecule has 3 heteroatoms. The molecule has 0 amide bonds. The second-order valence-electron chi connectivity index (χ2n) is 5.52. The molecule has 108 valence electrons. The highest BCUT2D eigenvalue weighted by Crippen LogP contribution is 2.20. The van der Waals surface area contributed by atoms with Gasteiger partial charge in [0.1, 0.15) is 5.82 Å². The molecule has 1 nitrogen and oxygen atoms in total. The largest absolute Gasteiger partial charge is 0.314 e. The van der Waals surface area contributed by atoms with Gasteiger partial charge in [-0.15, -0.1) is 0 Å². The van der Waals surface area contributed by atoms with Gasteiger partial charge in [0, 0.05) is 11.1 Å². The van der Waals surface area contributed by atoms with E-state index in [9.17, 15) is 4.39 Å². The molecule has 1 aromatic carbocycles. The van der Waals surface area contributed by atoms with Crippen LogP contribution in [0.25, 0.3) is 0 Å². The van der Waals surface area contributed by atoms with Gasteiger partial charge in [-0.2, -0.15) is 0 Å². The number of hydrogen-bond acceptors (Lipinski definition) is 1. The van der Waals surface area contributed by atoms with E-state index in [4.69, 9.17) is 11.6 Å². The molecule has 0 fully saturated rings. The zero-order chi connectivity index (χ0) is 14.3. The quantitative estimate of drug-likeness (QED) is 0.722. The van der Waals surface area contributed by atoms with E-state index in [1.54, 1.807) is 6.07 Å². The summed E-state index contributed by atoms with van der Waals surface area (Å²) in [6, 6.07) is 5.10. The Labute approximate surface area is 121 Å². The maximum absolute atomic E-state index is 13.0. The molecular weight excluding hydrogens is 261 g/mol. The Morgan fingerprint density at radius 1 is 1.26 bits per heavy atom. The van der Waals surface area contributed by atoms with Gasteiger partial charge in [0.25, 0.3) is 0 Å². The Balaban J connectivity index is 2.56. The molecule has 19 heavy (non-hydrogen) atoms. The Hall–Kier alpha value is -0.600. The number of hydrogen-bond donors (Lipinski definition) is 1. The fourth-order valence-electron chi connectivity index (χ4n) is 2.29. The lowest BCUT2D eigenvalue weighted by atomic mass is 9.98. The third-order valence-electron chi connectivity index (χ3n) is 3.31. The second kappa shape index (κ2) is 8.55. The van der Waals surface area contributed by atoms with Gasteiger partial charge in [-0.05, 0) is 43.0 Å². The molecule has 1 aromatic rings. The maximum Gasteiger partial charge on any atom is 0.124 e. The van der Waals surface area contributed by atoms with Crippen LogP contribution >= 0.6 is 11.6 Å². The van der Waals surface area contributed by atoms with Crippen molar-refractivity contribution in [3.63, 3.8) is 0 Å². The zero-order valence-electron chi connectivity index (χ0n) is 12.2. The first-order valence-corrected chi connectivity index (χ1v) is 7.58. The lowest BCUT2D eigenvalue weighted by Gasteiger charge is -2.19. The first-order chi connectivity index (χ1) is 9.02. The molecule has 0 heterocycles. The highest BCUT2D eigenvalue weighted by atomic mass is 35.5. The van der Waals surface area contributed by atoms with Crippen molar-refractivity contribution in [1.29, 1.82) is 0 Å². The fraction of sp³-hybridized carbons (Fsp3) is 0.625. The molecule has 0 aliphatic heterocycles. The number of halogens is 2. The molecule has 0 spiro atoms. The van der Waals surface area contributed by atoms with Crippen molar-refractivity contribution in [2.24, 2.45) is 5.92 Å². The van der Waals surface area contributed by atoms with Gasteiger partial charge in [0.2, 0.25) is 0 Å². The molecule has 1 N–H and O–H groups in total. The Kier molecular flexibility index (Phi) is 7.40. The standard InChI is InChI=1S/C16H25ClFN/c1-4-19-15(7-5-6-12(2)3)10-13-8-9-14(18)11-16(13)17/h8-9,11-12,15,19H,4-7,10H2,1-3H3. The number of likely N-dealkylation sites (N-methyl/N-ethyl adjacent to an activating group) is 1. The molecule has 0 bridgehead atoms. The summed E-state index contributed by atoms with van der Waals surface area (Å²) >= 11 is 6.09. The minimum absolute atomic E-state index is 0.270. The number of rotatable bonds is 8. The van der Waals surface area contributed by atoms with Gasteiger partial charge in [0.15, 0.2) is 0 Å². The van der Waals surface area contributed by atoms with Gasteiger partial charge in [-0.25, -0.2) is 4.39 Å². The lowest BCUT2D eigenvalue weighted by molar-refractivity contribution is 0.442. The summed E-state index contributed by atoms with van der Waals surface area (Å²) in [7, 11) is 0. The lowest BCUT2D eigenvalue weighted by Crippen LogP contribution is -2.31. The molecular formula is C16H25ClFN. The third-order valence-corrected chi connectivity index (χ3v) is 3.66. The van der Waals surface area contributed by atoms with E-state index in [2.05, 4.69) is 26.1 Å². The molecule has 1 rings (SSSR count). The molecule has 0 saturated heterocycles. The van der Waals surface area contributed by atoms with Crippen molar-refractivity contribution < 1.29 is 4.39 Å². The van der Waals surface area contributed by atoms with Crippen LogP contribution in [0.1, 0.15) is 45.6 Å². The van der Waals surface area contributed by atoms with Gasteiger partial charge >= 0.3 is 0 Å². The smallest absolute Gasteiger partial charge is 0.124 e. The Morgan fingerprint density at radius 3 is 2.58 bits per heavy atom. The van der Waals surface area contributed by atoms with E-state index in [0.29, 0.717) is 11.1 Å². The fourth-order valence-corrected chi connectivity index (χ4v) is 2.53. The highest BCUT2D eigenvalue weighted by molar-refractivity contribution is 6.31. The monoisotopic (exact) mass is 285 g/mol. The highest BCUT2D eigenvalue weighted by Gasteiger charge is 2.11. The summed E-state index contributed by atoms with van der Waals surface area (Å²) in [5.74, 6) is 0.477. The summed E-state index contributed by atoms with van der Waals surface area (Å²) in [6.45, 7) is 7.56. The van der Waals surface area contributed by atoms with E-state index in [1.165, 1.54) is 25.0 Å². The molecule has 0 aliphatic rings. The van der Waals surface area contributed by atoms with Crippen LogP contribution < -0.4 is 5.32 Å². The summed E-state index contributed by atoms with van der Waals surface area (Å²) in [6.07, 6.45) is 4.47. The Bertz CT molecular complexity index is 379. The predicted octanol–water partition coefficient (Wildman–Crippen LogP) is 4.83.